The zero-order valence-electron chi connectivity index (χ0n) is 18.0. The second kappa shape index (κ2) is 8.94. The van der Waals surface area contributed by atoms with E-state index in [0.29, 0.717) is 18.2 Å². The summed E-state index contributed by atoms with van der Waals surface area (Å²) in [6, 6.07) is 13.8. The molecule has 5 rings (SSSR count). The summed E-state index contributed by atoms with van der Waals surface area (Å²) in [6.45, 7) is 1.97. The Morgan fingerprint density at radius 1 is 1.03 bits per heavy atom. The van der Waals surface area contributed by atoms with Crippen molar-refractivity contribution < 1.29 is 9.59 Å². The Balaban J connectivity index is 1.26. The Kier molecular flexibility index (Phi) is 5.71. The van der Waals surface area contributed by atoms with Gasteiger partial charge in [0.1, 0.15) is 5.82 Å². The molecule has 1 saturated heterocycles. The van der Waals surface area contributed by atoms with E-state index in [1.807, 2.05) is 42.5 Å². The van der Waals surface area contributed by atoms with Crippen LogP contribution in [0.1, 0.15) is 41.6 Å². The molecule has 2 aliphatic rings. The molecule has 7 heteroatoms. The predicted molar refractivity (Wildman–Crippen MR) is 123 cm³/mol. The summed E-state index contributed by atoms with van der Waals surface area (Å²) in [5.74, 6) is 0.848. The van der Waals surface area contributed by atoms with Crippen molar-refractivity contribution >= 4 is 28.5 Å². The van der Waals surface area contributed by atoms with Gasteiger partial charge in [-0.3, -0.25) is 14.6 Å². The summed E-state index contributed by atoms with van der Waals surface area (Å²) in [5, 5.41) is 7.00. The van der Waals surface area contributed by atoms with Crippen LogP contribution in [0.4, 0.5) is 5.82 Å². The fourth-order valence-corrected chi connectivity index (χ4v) is 4.21. The summed E-state index contributed by atoms with van der Waals surface area (Å²) in [7, 11) is 0. The van der Waals surface area contributed by atoms with E-state index in [4.69, 9.17) is 4.98 Å². The molecule has 0 atom stereocenters. The Hall–Kier alpha value is -3.48. The van der Waals surface area contributed by atoms with Crippen LogP contribution in [-0.4, -0.2) is 40.9 Å². The Bertz CT molecular complexity index is 1120. The maximum absolute atomic E-state index is 12.9. The lowest BCUT2D eigenvalue weighted by molar-refractivity contribution is -0.125. The van der Waals surface area contributed by atoms with Crippen molar-refractivity contribution in [1.82, 2.24) is 20.6 Å². The van der Waals surface area contributed by atoms with E-state index in [2.05, 4.69) is 20.5 Å². The zero-order valence-corrected chi connectivity index (χ0v) is 18.0. The van der Waals surface area contributed by atoms with Crippen LogP contribution in [-0.2, 0) is 11.3 Å². The lowest BCUT2D eigenvalue weighted by Crippen LogP contribution is -2.40. The molecule has 0 unspecified atom stereocenters. The van der Waals surface area contributed by atoms with Gasteiger partial charge < -0.3 is 15.5 Å². The molecule has 2 N–H and O–H groups in total. The molecular weight excluding hydrogens is 402 g/mol. The standard InChI is InChI=1S/C25H27N5O2/c31-24(27-16-17-4-3-11-26-15-17)18-9-12-30(13-10-18)23-14-21(25(32)28-19-7-8-19)20-5-1-2-6-22(20)29-23/h1-6,11,14-15,18-19H,7-10,12-13,16H2,(H,27,31)(H,28,32). The van der Waals surface area contributed by atoms with Crippen LogP contribution < -0.4 is 15.5 Å². The highest BCUT2D eigenvalue weighted by atomic mass is 16.2. The third-order valence-corrected chi connectivity index (χ3v) is 6.24. The van der Waals surface area contributed by atoms with Crippen LogP contribution in [0.15, 0.2) is 54.9 Å². The lowest BCUT2D eigenvalue weighted by atomic mass is 9.95. The van der Waals surface area contributed by atoms with Crippen LogP contribution in [0.2, 0.25) is 0 Å². The van der Waals surface area contributed by atoms with Crippen LogP contribution in [0.3, 0.4) is 0 Å². The van der Waals surface area contributed by atoms with Gasteiger partial charge in [0.05, 0.1) is 11.1 Å². The SMILES string of the molecule is O=C(NC1CC1)c1cc(N2CCC(C(=O)NCc3cccnc3)CC2)nc2ccccc12. The summed E-state index contributed by atoms with van der Waals surface area (Å²) < 4.78 is 0. The van der Waals surface area contributed by atoms with Crippen LogP contribution >= 0.6 is 0 Å². The van der Waals surface area contributed by atoms with Crippen molar-refractivity contribution in [3.63, 3.8) is 0 Å². The minimum absolute atomic E-state index is 0.0130. The molecule has 1 aliphatic carbocycles. The quantitative estimate of drug-likeness (QED) is 0.629. The normalized spacial score (nSPS) is 16.7. The summed E-state index contributed by atoms with van der Waals surface area (Å²) in [5.41, 5.74) is 2.49. The summed E-state index contributed by atoms with van der Waals surface area (Å²) >= 11 is 0. The number of piperidine rings is 1. The number of pyridine rings is 2. The van der Waals surface area contributed by atoms with E-state index in [1.165, 1.54) is 0 Å². The minimum atomic E-state index is -0.0305. The molecule has 3 heterocycles. The van der Waals surface area contributed by atoms with E-state index >= 15 is 0 Å². The average molecular weight is 430 g/mol. The van der Waals surface area contributed by atoms with Crippen LogP contribution in [0, 0.1) is 5.92 Å². The number of fused-ring (bicyclic) bond motifs is 1. The first-order chi connectivity index (χ1) is 15.7. The van der Waals surface area contributed by atoms with Gasteiger partial charge in [0.25, 0.3) is 5.91 Å². The number of nitrogens with zero attached hydrogens (tertiary/aromatic N) is 3. The third kappa shape index (κ3) is 4.56. The Labute approximate surface area is 187 Å². The molecule has 0 radical (unpaired) electrons. The first-order valence-electron chi connectivity index (χ1n) is 11.3. The number of amides is 2. The van der Waals surface area contributed by atoms with E-state index in [1.54, 1.807) is 12.4 Å². The zero-order chi connectivity index (χ0) is 21.9. The molecule has 0 bridgehead atoms. The topological polar surface area (TPSA) is 87.2 Å². The second-order valence-corrected chi connectivity index (χ2v) is 8.63. The summed E-state index contributed by atoms with van der Waals surface area (Å²) in [4.78, 5) is 36.6. The highest BCUT2D eigenvalue weighted by Gasteiger charge is 2.28. The van der Waals surface area contributed by atoms with Crippen molar-refractivity contribution in [2.24, 2.45) is 5.92 Å². The number of rotatable bonds is 6. The van der Waals surface area contributed by atoms with Crippen LogP contribution in [0.5, 0.6) is 0 Å². The third-order valence-electron chi connectivity index (χ3n) is 6.24. The number of hydrogen-bond donors (Lipinski definition) is 2. The number of benzene rings is 1. The summed E-state index contributed by atoms with van der Waals surface area (Å²) in [6.07, 6.45) is 7.12. The number of para-hydroxylation sites is 1. The van der Waals surface area contributed by atoms with E-state index in [9.17, 15) is 9.59 Å². The molecule has 1 aliphatic heterocycles. The highest BCUT2D eigenvalue weighted by Crippen LogP contribution is 2.28. The van der Waals surface area contributed by atoms with Crippen molar-refractivity contribution in [3.05, 3.63) is 66.0 Å². The molecule has 2 fully saturated rings. The van der Waals surface area contributed by atoms with Gasteiger partial charge in [0, 0.05) is 49.4 Å². The predicted octanol–water partition coefficient (Wildman–Crippen LogP) is 3.05. The van der Waals surface area contributed by atoms with Crippen molar-refractivity contribution in [2.45, 2.75) is 38.3 Å². The van der Waals surface area contributed by atoms with Crippen molar-refractivity contribution in [2.75, 3.05) is 18.0 Å². The van der Waals surface area contributed by atoms with Crippen molar-refractivity contribution in [3.8, 4) is 0 Å². The fraction of sp³-hybridized carbons (Fsp3) is 0.360. The Morgan fingerprint density at radius 3 is 2.59 bits per heavy atom. The van der Waals surface area contributed by atoms with E-state index in [-0.39, 0.29) is 17.7 Å². The van der Waals surface area contributed by atoms with Gasteiger partial charge in [0.15, 0.2) is 0 Å². The molecule has 7 nitrogen and oxygen atoms in total. The molecule has 2 aromatic heterocycles. The largest absolute Gasteiger partial charge is 0.357 e. The number of aromatic nitrogens is 2. The molecular formula is C25H27N5O2. The second-order valence-electron chi connectivity index (χ2n) is 8.63. The van der Waals surface area contributed by atoms with E-state index in [0.717, 1.165) is 61.1 Å². The molecule has 1 aromatic carbocycles. The molecule has 1 saturated carbocycles. The van der Waals surface area contributed by atoms with E-state index < -0.39 is 0 Å². The molecule has 164 valence electrons. The van der Waals surface area contributed by atoms with Gasteiger partial charge in [-0.1, -0.05) is 24.3 Å². The maximum atomic E-state index is 12.9. The average Bonchev–Trinajstić information content (AvgIpc) is 3.66. The van der Waals surface area contributed by atoms with Gasteiger partial charge in [0.2, 0.25) is 5.91 Å². The highest BCUT2D eigenvalue weighted by molar-refractivity contribution is 6.07. The van der Waals surface area contributed by atoms with Gasteiger partial charge in [-0.25, -0.2) is 4.98 Å². The van der Waals surface area contributed by atoms with Gasteiger partial charge >= 0.3 is 0 Å². The number of hydrogen-bond acceptors (Lipinski definition) is 5. The monoisotopic (exact) mass is 429 g/mol. The van der Waals surface area contributed by atoms with Crippen molar-refractivity contribution in [1.29, 1.82) is 0 Å². The fourth-order valence-electron chi connectivity index (χ4n) is 4.21. The van der Waals surface area contributed by atoms with Gasteiger partial charge in [-0.2, -0.15) is 0 Å². The number of carbonyl (C=O) groups is 2. The smallest absolute Gasteiger partial charge is 0.252 e. The first kappa shape index (κ1) is 20.4. The Morgan fingerprint density at radius 2 is 1.84 bits per heavy atom. The first-order valence-corrected chi connectivity index (χ1v) is 11.3. The molecule has 3 aromatic rings. The van der Waals surface area contributed by atoms with Crippen LogP contribution in [0.25, 0.3) is 10.9 Å². The molecule has 2 amide bonds. The lowest BCUT2D eigenvalue weighted by Gasteiger charge is -2.32. The van der Waals surface area contributed by atoms with Gasteiger partial charge in [-0.15, -0.1) is 0 Å². The number of carbonyl (C=O) groups excluding carboxylic acids is 2. The molecule has 0 spiro atoms. The van der Waals surface area contributed by atoms with Gasteiger partial charge in [-0.05, 0) is 49.4 Å². The minimum Gasteiger partial charge on any atom is -0.357 e. The number of anilines is 1. The maximum Gasteiger partial charge on any atom is 0.252 e. The number of nitrogens with one attached hydrogen (secondary N) is 2. The molecule has 32 heavy (non-hydrogen) atoms.